The molecule has 1 aliphatic carbocycles. The van der Waals surface area contributed by atoms with E-state index in [1.54, 1.807) is 6.20 Å². The molecular weight excluding hydrogens is 338 g/mol. The summed E-state index contributed by atoms with van der Waals surface area (Å²) < 4.78 is 2.22. The van der Waals surface area contributed by atoms with Crippen molar-refractivity contribution in [2.45, 2.75) is 38.1 Å². The highest BCUT2D eigenvalue weighted by atomic mass is 16.1. The molecule has 1 aliphatic rings. The Balaban J connectivity index is 1.56. The van der Waals surface area contributed by atoms with Gasteiger partial charge in [0.2, 0.25) is 5.95 Å². The number of imidazole rings is 1. The minimum Gasteiger partial charge on any atom is -0.307 e. The smallest absolute Gasteiger partial charge is 0.260 e. The number of fused-ring (bicyclic) bond motifs is 2. The zero-order chi connectivity index (χ0) is 18.2. The number of carbonyl (C=O) groups excluding carboxylic acids is 1. The topological polar surface area (TPSA) is 75.6 Å². The SMILES string of the molecule is O=C(Nc1nc2ccccc2n1C1CCCCC1)c1cccc2cn[nH]c12. The van der Waals surface area contributed by atoms with Crippen molar-refractivity contribution in [2.24, 2.45) is 0 Å². The van der Waals surface area contributed by atoms with Gasteiger partial charge in [0, 0.05) is 11.4 Å². The van der Waals surface area contributed by atoms with Crippen molar-refractivity contribution < 1.29 is 4.79 Å². The molecule has 2 aromatic heterocycles. The van der Waals surface area contributed by atoms with Gasteiger partial charge in [0.25, 0.3) is 5.91 Å². The van der Waals surface area contributed by atoms with Crippen LogP contribution in [0.2, 0.25) is 0 Å². The summed E-state index contributed by atoms with van der Waals surface area (Å²) in [6, 6.07) is 14.1. The van der Waals surface area contributed by atoms with E-state index in [1.807, 2.05) is 36.4 Å². The van der Waals surface area contributed by atoms with Gasteiger partial charge < -0.3 is 4.57 Å². The van der Waals surface area contributed by atoms with Crippen LogP contribution in [0, 0.1) is 0 Å². The summed E-state index contributed by atoms with van der Waals surface area (Å²) in [7, 11) is 0. The highest BCUT2D eigenvalue weighted by Gasteiger charge is 2.23. The lowest BCUT2D eigenvalue weighted by atomic mass is 9.95. The fraction of sp³-hybridized carbons (Fsp3) is 0.286. The van der Waals surface area contributed by atoms with E-state index in [0.29, 0.717) is 17.6 Å². The van der Waals surface area contributed by atoms with Crippen LogP contribution in [0.5, 0.6) is 0 Å². The van der Waals surface area contributed by atoms with Crippen LogP contribution in [0.1, 0.15) is 48.5 Å². The van der Waals surface area contributed by atoms with Crippen LogP contribution in [0.25, 0.3) is 21.9 Å². The number of amides is 1. The van der Waals surface area contributed by atoms with Gasteiger partial charge in [-0.05, 0) is 31.0 Å². The summed E-state index contributed by atoms with van der Waals surface area (Å²) in [5.41, 5.74) is 3.32. The Morgan fingerprint density at radius 2 is 1.93 bits per heavy atom. The summed E-state index contributed by atoms with van der Waals surface area (Å²) in [5.74, 6) is 0.460. The Labute approximate surface area is 156 Å². The van der Waals surface area contributed by atoms with Crippen molar-refractivity contribution in [3.8, 4) is 0 Å². The van der Waals surface area contributed by atoms with Crippen molar-refractivity contribution in [2.75, 3.05) is 5.32 Å². The lowest BCUT2D eigenvalue weighted by Gasteiger charge is -2.25. The number of carbonyl (C=O) groups is 1. The van der Waals surface area contributed by atoms with Crippen LogP contribution in [-0.4, -0.2) is 25.7 Å². The maximum atomic E-state index is 13.0. The molecule has 2 heterocycles. The zero-order valence-electron chi connectivity index (χ0n) is 15.0. The fourth-order valence-corrected chi connectivity index (χ4v) is 4.17. The average molecular weight is 359 g/mol. The zero-order valence-corrected chi connectivity index (χ0v) is 15.0. The lowest BCUT2D eigenvalue weighted by Crippen LogP contribution is -2.20. The molecule has 5 rings (SSSR count). The van der Waals surface area contributed by atoms with E-state index in [-0.39, 0.29) is 5.91 Å². The van der Waals surface area contributed by atoms with Gasteiger partial charge in [-0.25, -0.2) is 4.98 Å². The maximum absolute atomic E-state index is 13.0. The van der Waals surface area contributed by atoms with E-state index < -0.39 is 0 Å². The van der Waals surface area contributed by atoms with Crippen LogP contribution in [-0.2, 0) is 0 Å². The molecule has 2 N–H and O–H groups in total. The Hall–Kier alpha value is -3.15. The van der Waals surface area contributed by atoms with E-state index in [1.165, 1.54) is 19.3 Å². The Bertz CT molecular complexity index is 1120. The summed E-state index contributed by atoms with van der Waals surface area (Å²) in [6.45, 7) is 0. The molecule has 4 aromatic rings. The van der Waals surface area contributed by atoms with Crippen molar-refractivity contribution >= 4 is 33.8 Å². The first-order valence-corrected chi connectivity index (χ1v) is 9.52. The molecule has 0 aliphatic heterocycles. The number of aromatic amines is 1. The standard InChI is InChI=1S/C21H21N5O/c27-20(16-10-6-7-14-13-22-25-19(14)16)24-21-23-17-11-4-5-12-18(17)26(21)15-8-2-1-3-9-15/h4-7,10-13,15H,1-3,8-9H2,(H,22,25)(H,23,24,27). The summed E-state index contributed by atoms with van der Waals surface area (Å²) in [5, 5.41) is 11.0. The van der Waals surface area contributed by atoms with Crippen LogP contribution in [0.3, 0.4) is 0 Å². The van der Waals surface area contributed by atoms with Crippen LogP contribution in [0.4, 0.5) is 5.95 Å². The lowest BCUT2D eigenvalue weighted by molar-refractivity contribution is 0.102. The Morgan fingerprint density at radius 1 is 1.07 bits per heavy atom. The molecule has 0 bridgehead atoms. The maximum Gasteiger partial charge on any atom is 0.260 e. The van der Waals surface area contributed by atoms with E-state index >= 15 is 0 Å². The number of hydrogen-bond donors (Lipinski definition) is 2. The number of H-pyrrole nitrogens is 1. The summed E-state index contributed by atoms with van der Waals surface area (Å²) in [6.07, 6.45) is 7.70. The van der Waals surface area contributed by atoms with Gasteiger partial charge in [-0.2, -0.15) is 5.10 Å². The highest BCUT2D eigenvalue weighted by molar-refractivity contribution is 6.11. The van der Waals surface area contributed by atoms with E-state index in [0.717, 1.165) is 34.8 Å². The van der Waals surface area contributed by atoms with Gasteiger partial charge in [-0.3, -0.25) is 15.2 Å². The van der Waals surface area contributed by atoms with Crippen molar-refractivity contribution in [1.82, 2.24) is 19.7 Å². The Morgan fingerprint density at radius 3 is 2.81 bits per heavy atom. The summed E-state index contributed by atoms with van der Waals surface area (Å²) in [4.78, 5) is 17.8. The first-order valence-electron chi connectivity index (χ1n) is 9.52. The molecule has 136 valence electrons. The number of anilines is 1. The van der Waals surface area contributed by atoms with E-state index in [9.17, 15) is 4.79 Å². The monoisotopic (exact) mass is 359 g/mol. The summed E-state index contributed by atoms with van der Waals surface area (Å²) >= 11 is 0. The number of aromatic nitrogens is 4. The fourth-order valence-electron chi connectivity index (χ4n) is 4.17. The van der Waals surface area contributed by atoms with Crippen LogP contribution < -0.4 is 5.32 Å². The third-order valence-corrected chi connectivity index (χ3v) is 5.48. The van der Waals surface area contributed by atoms with Crippen LogP contribution in [0.15, 0.2) is 48.7 Å². The van der Waals surface area contributed by atoms with Gasteiger partial charge in [-0.1, -0.05) is 43.5 Å². The number of hydrogen-bond acceptors (Lipinski definition) is 3. The Kier molecular flexibility index (Phi) is 3.89. The van der Waals surface area contributed by atoms with Crippen molar-refractivity contribution in [3.63, 3.8) is 0 Å². The first kappa shape index (κ1) is 16.1. The first-order chi connectivity index (χ1) is 13.3. The molecule has 0 radical (unpaired) electrons. The number of nitrogens with zero attached hydrogens (tertiary/aromatic N) is 3. The number of para-hydroxylation sites is 3. The predicted octanol–water partition coefficient (Wildman–Crippen LogP) is 4.67. The van der Waals surface area contributed by atoms with E-state index in [2.05, 4.69) is 26.1 Å². The molecule has 2 aromatic carbocycles. The largest absolute Gasteiger partial charge is 0.307 e. The second-order valence-electron chi connectivity index (χ2n) is 7.18. The molecule has 0 saturated heterocycles. The molecule has 6 heteroatoms. The molecule has 0 atom stereocenters. The minimum absolute atomic E-state index is 0.169. The molecule has 1 amide bonds. The molecule has 27 heavy (non-hydrogen) atoms. The van der Waals surface area contributed by atoms with Gasteiger partial charge in [-0.15, -0.1) is 0 Å². The molecule has 1 fully saturated rings. The second-order valence-corrected chi connectivity index (χ2v) is 7.18. The van der Waals surface area contributed by atoms with Crippen LogP contribution >= 0.6 is 0 Å². The third kappa shape index (κ3) is 2.77. The number of nitrogens with one attached hydrogen (secondary N) is 2. The van der Waals surface area contributed by atoms with Gasteiger partial charge in [0.1, 0.15) is 0 Å². The average Bonchev–Trinajstić information content (AvgIpc) is 3.32. The normalized spacial score (nSPS) is 15.4. The minimum atomic E-state index is -0.169. The quantitative estimate of drug-likeness (QED) is 0.558. The molecule has 6 nitrogen and oxygen atoms in total. The van der Waals surface area contributed by atoms with Gasteiger partial charge in [0.05, 0.1) is 28.3 Å². The van der Waals surface area contributed by atoms with E-state index in [4.69, 9.17) is 4.98 Å². The predicted molar refractivity (Wildman–Crippen MR) is 106 cm³/mol. The number of rotatable bonds is 3. The molecule has 0 spiro atoms. The third-order valence-electron chi connectivity index (χ3n) is 5.48. The number of benzene rings is 2. The van der Waals surface area contributed by atoms with Gasteiger partial charge in [0.15, 0.2) is 0 Å². The second kappa shape index (κ2) is 6.54. The molecule has 1 saturated carbocycles. The molecule has 0 unspecified atom stereocenters. The van der Waals surface area contributed by atoms with Crippen molar-refractivity contribution in [1.29, 1.82) is 0 Å². The molecular formula is C21H21N5O. The highest BCUT2D eigenvalue weighted by Crippen LogP contribution is 2.34. The van der Waals surface area contributed by atoms with Gasteiger partial charge >= 0.3 is 0 Å². The van der Waals surface area contributed by atoms with Crippen molar-refractivity contribution in [3.05, 3.63) is 54.2 Å².